The van der Waals surface area contributed by atoms with E-state index in [4.69, 9.17) is 9.84 Å². The number of fused-ring (bicyclic) bond motifs is 1. The average Bonchev–Trinajstić information content (AvgIpc) is 3.02. The maximum Gasteiger partial charge on any atom is 0.243 e. The minimum Gasteiger partial charge on any atom is -0.396 e. The molecule has 1 saturated heterocycles. The van der Waals surface area contributed by atoms with Gasteiger partial charge in [0, 0.05) is 45.0 Å². The number of aliphatic hydroxyl groups excluding tert-OH is 1. The van der Waals surface area contributed by atoms with Crippen LogP contribution in [-0.2, 0) is 27.4 Å². The number of ether oxygens (including phenoxy) is 1. The molecule has 7 nitrogen and oxygen atoms in total. The van der Waals surface area contributed by atoms with Gasteiger partial charge in [-0.3, -0.25) is 19.8 Å². The highest BCUT2D eigenvalue weighted by Gasteiger charge is 2.35. The third kappa shape index (κ3) is 4.36. The normalized spacial score (nSPS) is 20.4. The van der Waals surface area contributed by atoms with Crippen molar-refractivity contribution in [2.24, 2.45) is 0 Å². The average molecular weight is 347 g/mol. The van der Waals surface area contributed by atoms with E-state index in [1.54, 1.807) is 0 Å². The van der Waals surface area contributed by atoms with Crippen molar-refractivity contribution in [3.8, 4) is 0 Å². The molecule has 2 aliphatic rings. The lowest BCUT2D eigenvalue weighted by atomic mass is 10.0. The Hall–Kier alpha value is -1.96. The SMILES string of the molecule is O=C1CCC(N2Cc3cccc(NCCOCCCO)c3C2)C(=O)N1. The molecule has 0 saturated carbocycles. The topological polar surface area (TPSA) is 90.9 Å². The quantitative estimate of drug-likeness (QED) is 0.472. The van der Waals surface area contributed by atoms with Gasteiger partial charge in [0.1, 0.15) is 0 Å². The highest BCUT2D eigenvalue weighted by molar-refractivity contribution is 6.00. The monoisotopic (exact) mass is 347 g/mol. The molecule has 136 valence electrons. The molecule has 3 N–H and O–H groups in total. The maximum absolute atomic E-state index is 12.1. The minimum absolute atomic E-state index is 0.149. The van der Waals surface area contributed by atoms with Gasteiger partial charge in [-0.2, -0.15) is 0 Å². The molecule has 1 unspecified atom stereocenters. The van der Waals surface area contributed by atoms with Crippen molar-refractivity contribution in [3.05, 3.63) is 29.3 Å². The van der Waals surface area contributed by atoms with Gasteiger partial charge in [-0.15, -0.1) is 0 Å². The Morgan fingerprint density at radius 3 is 2.96 bits per heavy atom. The number of nitrogens with zero attached hydrogens (tertiary/aromatic N) is 1. The van der Waals surface area contributed by atoms with Gasteiger partial charge in [-0.05, 0) is 30.0 Å². The molecule has 2 aliphatic heterocycles. The van der Waals surface area contributed by atoms with E-state index in [9.17, 15) is 9.59 Å². The first kappa shape index (κ1) is 17.8. The summed E-state index contributed by atoms with van der Waals surface area (Å²) >= 11 is 0. The Bertz CT molecular complexity index is 635. The second-order valence-corrected chi connectivity index (χ2v) is 6.43. The van der Waals surface area contributed by atoms with Gasteiger partial charge in [0.05, 0.1) is 12.6 Å². The summed E-state index contributed by atoms with van der Waals surface area (Å²) in [5, 5.41) is 14.6. The van der Waals surface area contributed by atoms with Crippen LogP contribution in [0.5, 0.6) is 0 Å². The number of anilines is 1. The van der Waals surface area contributed by atoms with E-state index in [1.165, 1.54) is 11.1 Å². The van der Waals surface area contributed by atoms with Crippen LogP contribution in [0.2, 0.25) is 0 Å². The first-order chi connectivity index (χ1) is 12.2. The first-order valence-corrected chi connectivity index (χ1v) is 8.80. The Labute approximate surface area is 147 Å². The zero-order chi connectivity index (χ0) is 17.6. The van der Waals surface area contributed by atoms with Crippen molar-refractivity contribution in [2.45, 2.75) is 38.4 Å². The van der Waals surface area contributed by atoms with Crippen LogP contribution < -0.4 is 10.6 Å². The summed E-state index contributed by atoms with van der Waals surface area (Å²) in [6.45, 7) is 3.42. The van der Waals surface area contributed by atoms with Gasteiger partial charge >= 0.3 is 0 Å². The summed E-state index contributed by atoms with van der Waals surface area (Å²) in [6, 6.07) is 5.91. The van der Waals surface area contributed by atoms with E-state index in [-0.39, 0.29) is 24.5 Å². The summed E-state index contributed by atoms with van der Waals surface area (Å²) in [6.07, 6.45) is 1.64. The second kappa shape index (κ2) is 8.42. The number of amides is 2. The van der Waals surface area contributed by atoms with Crippen molar-refractivity contribution >= 4 is 17.5 Å². The van der Waals surface area contributed by atoms with E-state index in [0.29, 0.717) is 45.6 Å². The number of hydrogen-bond acceptors (Lipinski definition) is 6. The first-order valence-electron chi connectivity index (χ1n) is 8.80. The molecule has 0 bridgehead atoms. The molecule has 7 heteroatoms. The number of piperidine rings is 1. The van der Waals surface area contributed by atoms with Crippen LogP contribution in [0.25, 0.3) is 0 Å². The van der Waals surface area contributed by atoms with Gasteiger partial charge < -0.3 is 15.2 Å². The lowest BCUT2D eigenvalue weighted by Crippen LogP contribution is -2.50. The highest BCUT2D eigenvalue weighted by atomic mass is 16.5. The van der Waals surface area contributed by atoms with Gasteiger partial charge in [0.2, 0.25) is 11.8 Å². The maximum atomic E-state index is 12.1. The fourth-order valence-corrected chi connectivity index (χ4v) is 3.39. The molecule has 1 atom stereocenters. The Kier molecular flexibility index (Phi) is 6.01. The summed E-state index contributed by atoms with van der Waals surface area (Å²) < 4.78 is 5.44. The zero-order valence-electron chi connectivity index (χ0n) is 14.3. The third-order valence-corrected chi connectivity index (χ3v) is 4.67. The Balaban J connectivity index is 1.56. The molecule has 0 aromatic heterocycles. The number of carbonyl (C=O) groups excluding carboxylic acids is 2. The fraction of sp³-hybridized carbons (Fsp3) is 0.556. The standard InChI is InChI=1S/C18H25N3O4/c22-8-2-9-25-10-7-19-15-4-1-3-13-11-21(12-14(13)15)16-5-6-17(23)20-18(16)24/h1,3-4,16,19,22H,2,5-12H2,(H,20,23,24). The van der Waals surface area contributed by atoms with E-state index in [2.05, 4.69) is 21.6 Å². The molecule has 2 heterocycles. The highest BCUT2D eigenvalue weighted by Crippen LogP contribution is 2.32. The largest absolute Gasteiger partial charge is 0.396 e. The second-order valence-electron chi connectivity index (χ2n) is 6.43. The van der Waals surface area contributed by atoms with Crippen LogP contribution in [-0.4, -0.2) is 54.2 Å². The number of imide groups is 1. The van der Waals surface area contributed by atoms with Gasteiger partial charge in [-0.25, -0.2) is 0 Å². The predicted octanol–water partition coefficient (Wildman–Crippen LogP) is 0.618. The minimum atomic E-state index is -0.236. The number of nitrogens with one attached hydrogen (secondary N) is 2. The molecule has 0 spiro atoms. The predicted molar refractivity (Wildman–Crippen MR) is 92.9 cm³/mol. The fourth-order valence-electron chi connectivity index (χ4n) is 3.39. The molecule has 0 radical (unpaired) electrons. The summed E-state index contributed by atoms with van der Waals surface area (Å²) in [5.41, 5.74) is 3.50. The van der Waals surface area contributed by atoms with Crippen LogP contribution in [0, 0.1) is 0 Å². The van der Waals surface area contributed by atoms with E-state index in [1.807, 2.05) is 12.1 Å². The molecule has 3 rings (SSSR count). The number of rotatable bonds is 8. The molecular weight excluding hydrogens is 322 g/mol. The zero-order valence-corrected chi connectivity index (χ0v) is 14.3. The van der Waals surface area contributed by atoms with Gasteiger partial charge in [0.15, 0.2) is 0 Å². The third-order valence-electron chi connectivity index (χ3n) is 4.67. The molecule has 1 aromatic carbocycles. The Morgan fingerprint density at radius 1 is 1.28 bits per heavy atom. The number of benzene rings is 1. The van der Waals surface area contributed by atoms with Crippen molar-refractivity contribution in [2.75, 3.05) is 31.7 Å². The van der Waals surface area contributed by atoms with Gasteiger partial charge in [0.25, 0.3) is 0 Å². The van der Waals surface area contributed by atoms with Gasteiger partial charge in [-0.1, -0.05) is 12.1 Å². The molecule has 2 amide bonds. The summed E-state index contributed by atoms with van der Waals surface area (Å²) in [5.74, 6) is -0.364. The molecule has 1 aromatic rings. The number of aliphatic hydroxyl groups is 1. The van der Waals surface area contributed by atoms with Crippen LogP contribution in [0.1, 0.15) is 30.4 Å². The lowest BCUT2D eigenvalue weighted by Gasteiger charge is -2.29. The van der Waals surface area contributed by atoms with Crippen LogP contribution >= 0.6 is 0 Å². The molecule has 1 fully saturated rings. The molecule has 0 aliphatic carbocycles. The van der Waals surface area contributed by atoms with Crippen molar-refractivity contribution in [3.63, 3.8) is 0 Å². The van der Waals surface area contributed by atoms with Crippen molar-refractivity contribution in [1.82, 2.24) is 10.2 Å². The molecular formula is C18H25N3O4. The van der Waals surface area contributed by atoms with E-state index >= 15 is 0 Å². The van der Waals surface area contributed by atoms with Crippen molar-refractivity contribution < 1.29 is 19.4 Å². The summed E-state index contributed by atoms with van der Waals surface area (Å²) in [4.78, 5) is 25.6. The number of carbonyl (C=O) groups is 2. The van der Waals surface area contributed by atoms with E-state index < -0.39 is 0 Å². The van der Waals surface area contributed by atoms with Crippen LogP contribution in [0.15, 0.2) is 18.2 Å². The van der Waals surface area contributed by atoms with Crippen LogP contribution in [0.3, 0.4) is 0 Å². The smallest absolute Gasteiger partial charge is 0.243 e. The Morgan fingerprint density at radius 2 is 2.16 bits per heavy atom. The van der Waals surface area contributed by atoms with E-state index in [0.717, 1.165) is 12.2 Å². The summed E-state index contributed by atoms with van der Waals surface area (Å²) in [7, 11) is 0. The van der Waals surface area contributed by atoms with Crippen molar-refractivity contribution in [1.29, 1.82) is 0 Å². The number of hydrogen-bond donors (Lipinski definition) is 3. The van der Waals surface area contributed by atoms with Crippen LogP contribution in [0.4, 0.5) is 5.69 Å². The molecule has 25 heavy (non-hydrogen) atoms. The lowest BCUT2D eigenvalue weighted by molar-refractivity contribution is -0.137.